The quantitative estimate of drug-likeness (QED) is 0.910. The number of fused-ring (bicyclic) bond motifs is 2. The number of likely N-dealkylation sites (tertiary alicyclic amines) is 1. The van der Waals surface area contributed by atoms with Crippen LogP contribution in [0.5, 0.6) is 0 Å². The Bertz CT molecular complexity index is 637. The molecule has 4 nitrogen and oxygen atoms in total. The van der Waals surface area contributed by atoms with Crippen LogP contribution in [0.3, 0.4) is 0 Å². The first-order valence-corrected chi connectivity index (χ1v) is 7.84. The second kappa shape index (κ2) is 4.83. The maximum atomic E-state index is 12.9. The fraction of sp³-hybridized carbons (Fsp3) is 0.556. The van der Waals surface area contributed by atoms with Crippen LogP contribution in [0.1, 0.15) is 60.7 Å². The molecule has 4 heteroatoms. The lowest BCUT2D eigenvalue weighted by Gasteiger charge is -2.39. The summed E-state index contributed by atoms with van der Waals surface area (Å²) in [6.45, 7) is 7.59. The fourth-order valence-electron chi connectivity index (χ4n) is 4.65. The first-order chi connectivity index (χ1) is 10.2. The van der Waals surface area contributed by atoms with Crippen molar-refractivity contribution in [1.29, 1.82) is 0 Å². The third kappa shape index (κ3) is 2.62. The molecule has 2 unspecified atom stereocenters. The molecule has 1 saturated carbocycles. The number of amides is 1. The molecule has 1 aliphatic heterocycles. The minimum absolute atomic E-state index is 0.0328. The van der Waals surface area contributed by atoms with E-state index < -0.39 is 5.97 Å². The lowest BCUT2D eigenvalue weighted by atomic mass is 9.65. The Balaban J connectivity index is 1.87. The van der Waals surface area contributed by atoms with Crippen LogP contribution in [0.4, 0.5) is 0 Å². The van der Waals surface area contributed by atoms with E-state index in [2.05, 4.69) is 20.8 Å². The highest BCUT2D eigenvalue weighted by atomic mass is 16.4. The Morgan fingerprint density at radius 3 is 2.55 bits per heavy atom. The number of aromatic carboxylic acids is 1. The normalized spacial score (nSPS) is 29.4. The number of carboxylic acids is 1. The van der Waals surface area contributed by atoms with Crippen molar-refractivity contribution in [2.24, 2.45) is 10.8 Å². The van der Waals surface area contributed by atoms with Gasteiger partial charge in [-0.2, -0.15) is 0 Å². The van der Waals surface area contributed by atoms with E-state index in [1.54, 1.807) is 12.1 Å². The van der Waals surface area contributed by atoms with Crippen LogP contribution in [-0.4, -0.2) is 34.5 Å². The number of rotatable bonds is 2. The summed E-state index contributed by atoms with van der Waals surface area (Å²) < 4.78 is 0. The largest absolute Gasteiger partial charge is 0.478 e. The average Bonchev–Trinajstić information content (AvgIpc) is 2.67. The molecule has 2 fully saturated rings. The van der Waals surface area contributed by atoms with Gasteiger partial charge >= 0.3 is 5.97 Å². The van der Waals surface area contributed by atoms with Crippen molar-refractivity contribution < 1.29 is 14.7 Å². The van der Waals surface area contributed by atoms with Gasteiger partial charge in [-0.15, -0.1) is 0 Å². The summed E-state index contributed by atoms with van der Waals surface area (Å²) in [7, 11) is 0. The SMILES string of the molecule is CC1(C)CC2CC(C)(CN2C(=O)c2cccc(C(=O)O)c2)C1. The van der Waals surface area contributed by atoms with Crippen molar-refractivity contribution in [1.82, 2.24) is 4.90 Å². The molecule has 1 amide bonds. The van der Waals surface area contributed by atoms with Gasteiger partial charge in [0.2, 0.25) is 0 Å². The van der Waals surface area contributed by atoms with Gasteiger partial charge in [-0.3, -0.25) is 4.79 Å². The number of hydrogen-bond acceptors (Lipinski definition) is 2. The molecule has 1 heterocycles. The van der Waals surface area contributed by atoms with Crippen LogP contribution in [0.2, 0.25) is 0 Å². The highest BCUT2D eigenvalue weighted by Crippen LogP contribution is 2.52. The highest BCUT2D eigenvalue weighted by molar-refractivity contribution is 5.97. The van der Waals surface area contributed by atoms with Gasteiger partial charge < -0.3 is 10.0 Å². The zero-order valence-electron chi connectivity index (χ0n) is 13.4. The Morgan fingerprint density at radius 2 is 1.86 bits per heavy atom. The predicted octanol–water partition coefficient (Wildman–Crippen LogP) is 3.43. The third-order valence-corrected chi connectivity index (χ3v) is 5.03. The van der Waals surface area contributed by atoms with Crippen LogP contribution >= 0.6 is 0 Å². The summed E-state index contributed by atoms with van der Waals surface area (Å²) in [5, 5.41) is 9.09. The average molecular weight is 301 g/mol. The maximum Gasteiger partial charge on any atom is 0.335 e. The molecule has 118 valence electrons. The van der Waals surface area contributed by atoms with E-state index in [-0.39, 0.29) is 28.3 Å². The topological polar surface area (TPSA) is 57.6 Å². The predicted molar refractivity (Wildman–Crippen MR) is 84.0 cm³/mol. The van der Waals surface area contributed by atoms with Crippen molar-refractivity contribution in [2.45, 2.75) is 46.1 Å². The summed E-state index contributed by atoms with van der Waals surface area (Å²) in [5.41, 5.74) is 1.09. The van der Waals surface area contributed by atoms with Gasteiger partial charge in [-0.25, -0.2) is 4.79 Å². The first kappa shape index (κ1) is 15.1. The van der Waals surface area contributed by atoms with Gasteiger partial charge in [0.15, 0.2) is 0 Å². The molecule has 22 heavy (non-hydrogen) atoms. The second-order valence-electron chi connectivity index (χ2n) is 8.03. The molecule has 2 atom stereocenters. The highest BCUT2D eigenvalue weighted by Gasteiger charge is 2.51. The standard InChI is InChI=1S/C18H23NO3/c1-17(2)8-14-9-18(3,10-17)11-19(14)15(20)12-5-4-6-13(7-12)16(21)22/h4-7,14H,8-11H2,1-3H3,(H,21,22). The van der Waals surface area contributed by atoms with Crippen molar-refractivity contribution in [3.63, 3.8) is 0 Å². The summed E-state index contributed by atoms with van der Waals surface area (Å²) in [5.74, 6) is -1.03. The molecule has 3 rings (SSSR count). The van der Waals surface area contributed by atoms with E-state index in [0.717, 1.165) is 25.8 Å². The monoisotopic (exact) mass is 301 g/mol. The number of carboxylic acid groups (broad SMARTS) is 1. The molecule has 0 spiro atoms. The van der Waals surface area contributed by atoms with E-state index in [0.29, 0.717) is 5.56 Å². The van der Waals surface area contributed by atoms with E-state index >= 15 is 0 Å². The van der Waals surface area contributed by atoms with Gasteiger partial charge in [0.1, 0.15) is 0 Å². The number of hydrogen-bond donors (Lipinski definition) is 1. The molecule has 0 radical (unpaired) electrons. The van der Waals surface area contributed by atoms with Crippen molar-refractivity contribution in [2.75, 3.05) is 6.54 Å². The molecule has 1 aromatic carbocycles. The Labute approximate surface area is 131 Å². The van der Waals surface area contributed by atoms with Gasteiger partial charge in [-0.1, -0.05) is 26.8 Å². The molecular formula is C18H23NO3. The van der Waals surface area contributed by atoms with Crippen LogP contribution in [-0.2, 0) is 0 Å². The fourth-order valence-corrected chi connectivity index (χ4v) is 4.65. The minimum Gasteiger partial charge on any atom is -0.478 e. The van der Waals surface area contributed by atoms with Crippen LogP contribution in [0.15, 0.2) is 24.3 Å². The molecule has 1 aromatic rings. The van der Waals surface area contributed by atoms with Gasteiger partial charge in [-0.05, 0) is 48.3 Å². The summed E-state index contributed by atoms with van der Waals surface area (Å²) in [4.78, 5) is 25.9. The summed E-state index contributed by atoms with van der Waals surface area (Å²) >= 11 is 0. The minimum atomic E-state index is -0.997. The number of carbonyl (C=O) groups excluding carboxylic acids is 1. The van der Waals surface area contributed by atoms with Crippen molar-refractivity contribution in [3.05, 3.63) is 35.4 Å². The molecule has 2 bridgehead atoms. The Kier molecular flexibility index (Phi) is 3.31. The number of nitrogens with zero attached hydrogens (tertiary/aromatic N) is 1. The lowest BCUT2D eigenvalue weighted by molar-refractivity contribution is 0.0697. The maximum absolute atomic E-state index is 12.9. The Hall–Kier alpha value is -1.84. The van der Waals surface area contributed by atoms with Gasteiger partial charge in [0.25, 0.3) is 5.91 Å². The van der Waals surface area contributed by atoms with Crippen LogP contribution in [0, 0.1) is 10.8 Å². The molecule has 0 aromatic heterocycles. The summed E-state index contributed by atoms with van der Waals surface area (Å²) in [6, 6.07) is 6.64. The summed E-state index contributed by atoms with van der Waals surface area (Å²) in [6.07, 6.45) is 3.21. The number of carbonyl (C=O) groups is 2. The third-order valence-electron chi connectivity index (χ3n) is 5.03. The van der Waals surface area contributed by atoms with Gasteiger partial charge in [0.05, 0.1) is 5.56 Å². The zero-order valence-corrected chi connectivity index (χ0v) is 13.4. The van der Waals surface area contributed by atoms with Crippen molar-refractivity contribution >= 4 is 11.9 Å². The zero-order chi connectivity index (χ0) is 16.1. The van der Waals surface area contributed by atoms with E-state index in [1.165, 1.54) is 12.1 Å². The van der Waals surface area contributed by atoms with E-state index in [9.17, 15) is 9.59 Å². The van der Waals surface area contributed by atoms with Crippen LogP contribution in [0.25, 0.3) is 0 Å². The van der Waals surface area contributed by atoms with Crippen molar-refractivity contribution in [3.8, 4) is 0 Å². The second-order valence-corrected chi connectivity index (χ2v) is 8.03. The molecule has 2 aliphatic rings. The van der Waals surface area contributed by atoms with Gasteiger partial charge in [0, 0.05) is 18.2 Å². The smallest absolute Gasteiger partial charge is 0.335 e. The number of benzene rings is 1. The first-order valence-electron chi connectivity index (χ1n) is 7.84. The molecule has 1 aliphatic carbocycles. The van der Waals surface area contributed by atoms with E-state index in [4.69, 9.17) is 5.11 Å². The molecule has 1 saturated heterocycles. The molecule has 1 N–H and O–H groups in total. The Morgan fingerprint density at radius 1 is 1.18 bits per heavy atom. The lowest BCUT2D eigenvalue weighted by Crippen LogP contribution is -2.37. The molecular weight excluding hydrogens is 278 g/mol. The van der Waals surface area contributed by atoms with Crippen LogP contribution < -0.4 is 0 Å². The van der Waals surface area contributed by atoms with E-state index in [1.807, 2.05) is 4.90 Å².